The normalized spacial score (nSPS) is 10.4. The lowest BCUT2D eigenvalue weighted by Gasteiger charge is -2.04. The van der Waals surface area contributed by atoms with Crippen LogP contribution in [0, 0.1) is 11.8 Å². The first-order valence-corrected chi connectivity index (χ1v) is 7.81. The number of rotatable bonds is 9. The minimum absolute atomic E-state index is 1.01. The van der Waals surface area contributed by atoms with E-state index in [1.165, 1.54) is 18.4 Å². The molecule has 0 aliphatic carbocycles. The molecule has 0 saturated carbocycles. The van der Waals surface area contributed by atoms with E-state index in [1.54, 1.807) is 0 Å². The van der Waals surface area contributed by atoms with Crippen LogP contribution in [0.2, 0.25) is 0 Å². The van der Waals surface area contributed by atoms with E-state index in [0.29, 0.717) is 0 Å². The SMILES string of the molecule is CCCC#C/C=C/CCCCNCCc1ccccc1. The van der Waals surface area contributed by atoms with Gasteiger partial charge in [-0.15, -0.1) is 0 Å². The van der Waals surface area contributed by atoms with Gasteiger partial charge >= 0.3 is 0 Å². The molecule has 0 fully saturated rings. The molecule has 0 aliphatic rings. The van der Waals surface area contributed by atoms with Crippen LogP contribution in [-0.2, 0) is 6.42 Å². The third-order valence-electron chi connectivity index (χ3n) is 3.09. The van der Waals surface area contributed by atoms with Crippen molar-refractivity contribution in [2.45, 2.75) is 45.4 Å². The molecule has 0 amide bonds. The summed E-state index contributed by atoms with van der Waals surface area (Å²) in [6, 6.07) is 10.6. The molecular formula is C19H27N. The molecule has 1 N–H and O–H groups in total. The van der Waals surface area contributed by atoms with Gasteiger partial charge in [0.05, 0.1) is 0 Å². The molecule has 0 aliphatic heterocycles. The van der Waals surface area contributed by atoms with Crippen LogP contribution in [0.25, 0.3) is 0 Å². The number of benzene rings is 1. The van der Waals surface area contributed by atoms with E-state index in [9.17, 15) is 0 Å². The van der Waals surface area contributed by atoms with Crippen LogP contribution in [0.3, 0.4) is 0 Å². The molecule has 1 heteroatoms. The van der Waals surface area contributed by atoms with Crippen molar-refractivity contribution in [2.75, 3.05) is 13.1 Å². The second-order valence-corrected chi connectivity index (χ2v) is 4.95. The maximum absolute atomic E-state index is 3.50. The molecular weight excluding hydrogens is 242 g/mol. The third kappa shape index (κ3) is 9.42. The standard InChI is InChI=1S/C19H27N/c1-2-3-4-5-6-7-8-9-13-17-20-18-16-19-14-11-10-12-15-19/h6-7,10-12,14-15,20H,2-3,8-9,13,16-18H2,1H3/b7-6+. The van der Waals surface area contributed by atoms with Gasteiger partial charge < -0.3 is 5.32 Å². The van der Waals surface area contributed by atoms with E-state index in [2.05, 4.69) is 60.5 Å². The fourth-order valence-corrected chi connectivity index (χ4v) is 1.91. The van der Waals surface area contributed by atoms with Crippen molar-refractivity contribution in [2.24, 2.45) is 0 Å². The molecule has 1 nitrogen and oxygen atoms in total. The van der Waals surface area contributed by atoms with Gasteiger partial charge in [0, 0.05) is 6.42 Å². The van der Waals surface area contributed by atoms with Gasteiger partial charge in [0.15, 0.2) is 0 Å². The zero-order valence-electron chi connectivity index (χ0n) is 12.7. The summed E-state index contributed by atoms with van der Waals surface area (Å²) in [6.45, 7) is 4.34. The Hall–Kier alpha value is -1.52. The highest BCUT2D eigenvalue weighted by Crippen LogP contribution is 1.99. The van der Waals surface area contributed by atoms with Crippen molar-refractivity contribution in [3.05, 3.63) is 48.0 Å². The minimum Gasteiger partial charge on any atom is -0.316 e. The summed E-state index contributed by atoms with van der Waals surface area (Å²) < 4.78 is 0. The van der Waals surface area contributed by atoms with E-state index in [4.69, 9.17) is 0 Å². The van der Waals surface area contributed by atoms with E-state index in [0.717, 1.165) is 38.8 Å². The van der Waals surface area contributed by atoms with E-state index in [1.807, 2.05) is 6.08 Å². The smallest absolute Gasteiger partial charge is 0.00896 e. The lowest BCUT2D eigenvalue weighted by molar-refractivity contribution is 0.626. The fourth-order valence-electron chi connectivity index (χ4n) is 1.91. The monoisotopic (exact) mass is 269 g/mol. The average molecular weight is 269 g/mol. The van der Waals surface area contributed by atoms with Crippen LogP contribution in [0.4, 0.5) is 0 Å². The molecule has 108 valence electrons. The first-order chi connectivity index (χ1) is 9.93. The number of nitrogens with one attached hydrogen (secondary N) is 1. The Balaban J connectivity index is 1.89. The summed E-state index contributed by atoms with van der Waals surface area (Å²) in [5.41, 5.74) is 1.41. The van der Waals surface area contributed by atoms with E-state index in [-0.39, 0.29) is 0 Å². The zero-order chi connectivity index (χ0) is 14.3. The predicted molar refractivity (Wildman–Crippen MR) is 88.7 cm³/mol. The largest absolute Gasteiger partial charge is 0.316 e. The van der Waals surface area contributed by atoms with E-state index < -0.39 is 0 Å². The van der Waals surface area contributed by atoms with Gasteiger partial charge in [-0.1, -0.05) is 55.2 Å². The van der Waals surface area contributed by atoms with Crippen LogP contribution in [0.5, 0.6) is 0 Å². The molecule has 0 aromatic heterocycles. The second kappa shape index (κ2) is 12.5. The number of hydrogen-bond acceptors (Lipinski definition) is 1. The summed E-state index contributed by atoms with van der Waals surface area (Å²) in [6.07, 6.45) is 11.1. The third-order valence-corrected chi connectivity index (χ3v) is 3.09. The summed E-state index contributed by atoms with van der Waals surface area (Å²) in [7, 11) is 0. The molecule has 20 heavy (non-hydrogen) atoms. The molecule has 0 unspecified atom stereocenters. The van der Waals surface area contributed by atoms with Gasteiger partial charge in [-0.05, 0) is 56.8 Å². The summed E-state index contributed by atoms with van der Waals surface area (Å²) in [4.78, 5) is 0. The fraction of sp³-hybridized carbons (Fsp3) is 0.474. The van der Waals surface area contributed by atoms with Crippen molar-refractivity contribution in [3.8, 4) is 11.8 Å². The number of allylic oxidation sites excluding steroid dienone is 2. The Bertz CT molecular complexity index is 408. The average Bonchev–Trinajstić information content (AvgIpc) is 2.49. The zero-order valence-corrected chi connectivity index (χ0v) is 12.7. The topological polar surface area (TPSA) is 12.0 Å². The van der Waals surface area contributed by atoms with Crippen molar-refractivity contribution >= 4 is 0 Å². The van der Waals surface area contributed by atoms with Crippen LogP contribution in [0.15, 0.2) is 42.5 Å². The molecule has 0 bridgehead atoms. The molecule has 1 rings (SSSR count). The van der Waals surface area contributed by atoms with Gasteiger partial charge in [-0.3, -0.25) is 0 Å². The maximum Gasteiger partial charge on any atom is 0.00896 e. The van der Waals surface area contributed by atoms with Gasteiger partial charge in [0.2, 0.25) is 0 Å². The molecule has 0 heterocycles. The Morgan fingerprint density at radius 3 is 2.75 bits per heavy atom. The van der Waals surface area contributed by atoms with Gasteiger partial charge in [-0.25, -0.2) is 0 Å². The predicted octanol–water partition coefficient (Wildman–Crippen LogP) is 4.35. The second-order valence-electron chi connectivity index (χ2n) is 4.95. The van der Waals surface area contributed by atoms with Crippen LogP contribution < -0.4 is 5.32 Å². The van der Waals surface area contributed by atoms with Crippen molar-refractivity contribution in [3.63, 3.8) is 0 Å². The minimum atomic E-state index is 1.01. The lowest BCUT2D eigenvalue weighted by atomic mass is 10.1. The Kier molecular flexibility index (Phi) is 10.3. The quantitative estimate of drug-likeness (QED) is 0.519. The molecule has 1 aromatic carbocycles. The first-order valence-electron chi connectivity index (χ1n) is 7.81. The van der Waals surface area contributed by atoms with Crippen LogP contribution in [-0.4, -0.2) is 13.1 Å². The highest BCUT2D eigenvalue weighted by molar-refractivity contribution is 5.15. The van der Waals surface area contributed by atoms with Gasteiger partial charge in [-0.2, -0.15) is 0 Å². The molecule has 0 radical (unpaired) electrons. The van der Waals surface area contributed by atoms with Gasteiger partial charge in [0.1, 0.15) is 0 Å². The van der Waals surface area contributed by atoms with Gasteiger partial charge in [0.25, 0.3) is 0 Å². The summed E-state index contributed by atoms with van der Waals surface area (Å²) in [5.74, 6) is 6.19. The number of unbranched alkanes of at least 4 members (excludes halogenated alkanes) is 3. The molecule has 1 aromatic rings. The summed E-state index contributed by atoms with van der Waals surface area (Å²) in [5, 5.41) is 3.50. The molecule has 0 atom stereocenters. The highest BCUT2D eigenvalue weighted by Gasteiger charge is 1.91. The lowest BCUT2D eigenvalue weighted by Crippen LogP contribution is -2.18. The maximum atomic E-state index is 3.50. The molecule has 0 spiro atoms. The van der Waals surface area contributed by atoms with Crippen LogP contribution in [0.1, 0.15) is 44.6 Å². The van der Waals surface area contributed by atoms with Crippen molar-refractivity contribution in [1.82, 2.24) is 5.32 Å². The first kappa shape index (κ1) is 16.5. The van der Waals surface area contributed by atoms with Crippen molar-refractivity contribution in [1.29, 1.82) is 0 Å². The Morgan fingerprint density at radius 1 is 1.10 bits per heavy atom. The highest BCUT2D eigenvalue weighted by atomic mass is 14.8. The van der Waals surface area contributed by atoms with Crippen molar-refractivity contribution < 1.29 is 0 Å². The van der Waals surface area contributed by atoms with Crippen LogP contribution >= 0.6 is 0 Å². The molecule has 0 saturated heterocycles. The Morgan fingerprint density at radius 2 is 1.95 bits per heavy atom. The number of hydrogen-bond donors (Lipinski definition) is 1. The Labute approximate surface area is 124 Å². The van der Waals surface area contributed by atoms with E-state index >= 15 is 0 Å². The summed E-state index contributed by atoms with van der Waals surface area (Å²) >= 11 is 0.